The highest BCUT2D eigenvalue weighted by Gasteiger charge is 2.28. The number of esters is 1. The van der Waals surface area contributed by atoms with E-state index in [1.165, 1.54) is 7.11 Å². The van der Waals surface area contributed by atoms with Crippen LogP contribution >= 0.6 is 23.7 Å². The molecule has 1 amide bonds. The molecule has 3 rings (SSSR count). The van der Waals surface area contributed by atoms with Gasteiger partial charge in [-0.2, -0.15) is 5.10 Å². The number of piperidine rings is 1. The number of nitrogens with one attached hydrogen (secondary N) is 2. The lowest BCUT2D eigenvalue weighted by Gasteiger charge is -2.22. The van der Waals surface area contributed by atoms with Gasteiger partial charge in [-0.05, 0) is 25.5 Å². The van der Waals surface area contributed by atoms with Gasteiger partial charge in [-0.3, -0.25) is 14.8 Å². The van der Waals surface area contributed by atoms with Crippen LogP contribution in [0, 0.1) is 0 Å². The van der Waals surface area contributed by atoms with Crippen LogP contribution in [0.1, 0.15) is 65.5 Å². The average Bonchev–Trinajstić information content (AvgIpc) is 3.29. The maximum atomic E-state index is 12.6. The number of halogens is 1. The molecule has 10 heteroatoms. The van der Waals surface area contributed by atoms with Gasteiger partial charge in [0.25, 0.3) is 5.91 Å². The van der Waals surface area contributed by atoms with E-state index in [-0.39, 0.29) is 29.8 Å². The van der Waals surface area contributed by atoms with Crippen LogP contribution in [0.4, 0.5) is 5.13 Å². The van der Waals surface area contributed by atoms with E-state index in [4.69, 9.17) is 4.74 Å². The predicted octanol–water partition coefficient (Wildman–Crippen LogP) is 3.02. The summed E-state index contributed by atoms with van der Waals surface area (Å²) in [6, 6.07) is 1.96. The van der Waals surface area contributed by atoms with Crippen LogP contribution < -0.4 is 10.6 Å². The lowest BCUT2D eigenvalue weighted by Crippen LogP contribution is -2.32. The number of methoxy groups -OCH3 is 1. The van der Waals surface area contributed by atoms with Crippen molar-refractivity contribution in [2.24, 2.45) is 0 Å². The third-order valence-corrected chi connectivity index (χ3v) is 5.37. The first-order valence-electron chi connectivity index (χ1n) is 8.96. The van der Waals surface area contributed by atoms with Gasteiger partial charge in [0, 0.05) is 18.2 Å². The summed E-state index contributed by atoms with van der Waals surface area (Å²) in [5, 5.41) is 10.9. The maximum absolute atomic E-state index is 12.6. The van der Waals surface area contributed by atoms with Crippen molar-refractivity contribution in [3.63, 3.8) is 0 Å². The normalized spacial score (nSPS) is 16.9. The number of amides is 1. The summed E-state index contributed by atoms with van der Waals surface area (Å²) in [5.74, 6) is -0.796. The summed E-state index contributed by atoms with van der Waals surface area (Å²) < 4.78 is 6.68. The molecule has 154 valence electrons. The monoisotopic (exact) mass is 427 g/mol. The molecule has 0 aromatic carbocycles. The molecule has 1 unspecified atom stereocenters. The van der Waals surface area contributed by atoms with Gasteiger partial charge < -0.3 is 10.1 Å². The van der Waals surface area contributed by atoms with Gasteiger partial charge in [-0.1, -0.05) is 32.1 Å². The first-order valence-corrected chi connectivity index (χ1v) is 9.78. The van der Waals surface area contributed by atoms with Gasteiger partial charge in [-0.25, -0.2) is 9.78 Å². The molecule has 2 aromatic rings. The number of anilines is 1. The van der Waals surface area contributed by atoms with E-state index in [9.17, 15) is 9.59 Å². The first-order chi connectivity index (χ1) is 12.8. The van der Waals surface area contributed by atoms with Crippen molar-refractivity contribution in [1.82, 2.24) is 20.1 Å². The Kier molecular flexibility index (Phi) is 7.19. The fraction of sp³-hybridized carbons (Fsp3) is 0.556. The summed E-state index contributed by atoms with van der Waals surface area (Å²) in [7, 11) is 1.33. The van der Waals surface area contributed by atoms with E-state index in [1.807, 2.05) is 31.6 Å². The molecule has 1 saturated heterocycles. The Morgan fingerprint density at radius 1 is 1.39 bits per heavy atom. The number of rotatable bonds is 4. The minimum atomic E-state index is -0.452. The van der Waals surface area contributed by atoms with Crippen molar-refractivity contribution in [2.75, 3.05) is 25.5 Å². The quantitative estimate of drug-likeness (QED) is 0.728. The molecule has 1 aliphatic rings. The summed E-state index contributed by atoms with van der Waals surface area (Å²) in [6.07, 6.45) is 3.96. The smallest absolute Gasteiger partial charge is 0.350 e. The third-order valence-electron chi connectivity index (χ3n) is 4.41. The molecule has 2 N–H and O–H groups in total. The number of carbonyl (C=O) groups is 2. The highest BCUT2D eigenvalue weighted by atomic mass is 35.5. The number of thiazole rings is 1. The third kappa shape index (κ3) is 4.89. The van der Waals surface area contributed by atoms with Crippen LogP contribution in [-0.2, 0) is 10.2 Å². The van der Waals surface area contributed by atoms with Crippen molar-refractivity contribution in [1.29, 1.82) is 0 Å². The van der Waals surface area contributed by atoms with Crippen molar-refractivity contribution in [3.05, 3.63) is 28.5 Å². The zero-order valence-electron chi connectivity index (χ0n) is 16.4. The number of aromatic nitrogens is 3. The van der Waals surface area contributed by atoms with Gasteiger partial charge in [0.05, 0.1) is 18.8 Å². The Bertz CT molecular complexity index is 837. The van der Waals surface area contributed by atoms with Crippen molar-refractivity contribution >= 4 is 40.8 Å². The maximum Gasteiger partial charge on any atom is 0.350 e. The summed E-state index contributed by atoms with van der Waals surface area (Å²) in [4.78, 5) is 29.5. The van der Waals surface area contributed by atoms with E-state index < -0.39 is 5.97 Å². The van der Waals surface area contributed by atoms with E-state index in [1.54, 1.807) is 6.07 Å². The molecule has 0 radical (unpaired) electrons. The Morgan fingerprint density at radius 3 is 2.75 bits per heavy atom. The molecule has 0 bridgehead atoms. The molecule has 8 nitrogen and oxygen atoms in total. The van der Waals surface area contributed by atoms with Gasteiger partial charge in [0.15, 0.2) is 10.8 Å². The molecule has 28 heavy (non-hydrogen) atoms. The topological polar surface area (TPSA) is 98.1 Å². The van der Waals surface area contributed by atoms with Gasteiger partial charge in [0.1, 0.15) is 4.88 Å². The Hall–Kier alpha value is -1.97. The number of ether oxygens (including phenoxy) is 1. The molecule has 0 spiro atoms. The van der Waals surface area contributed by atoms with Crippen LogP contribution in [0.15, 0.2) is 12.3 Å². The van der Waals surface area contributed by atoms with E-state index in [0.29, 0.717) is 21.4 Å². The van der Waals surface area contributed by atoms with Gasteiger partial charge >= 0.3 is 5.97 Å². The predicted molar refractivity (Wildman–Crippen MR) is 111 cm³/mol. The van der Waals surface area contributed by atoms with Crippen LogP contribution in [0.5, 0.6) is 0 Å². The zero-order valence-corrected chi connectivity index (χ0v) is 18.1. The van der Waals surface area contributed by atoms with Crippen molar-refractivity contribution < 1.29 is 14.3 Å². The molecule has 3 heterocycles. The van der Waals surface area contributed by atoms with E-state index >= 15 is 0 Å². The molecule has 1 atom stereocenters. The second kappa shape index (κ2) is 9.02. The average molecular weight is 428 g/mol. The molecule has 0 saturated carbocycles. The summed E-state index contributed by atoms with van der Waals surface area (Å²) in [6.45, 7) is 7.75. The standard InChI is InChI=1S/C18H25N5O3S.ClH/c1-18(2,3)14-13(16(25)26-4)27-17(20-14)21-15(24)12-7-9-23(22-12)11-6-5-8-19-10-11;/h7,9,11,19H,5-6,8,10H2,1-4H3,(H,20,21,24);1H. The zero-order chi connectivity index (χ0) is 19.6. The first kappa shape index (κ1) is 22.3. The minimum absolute atomic E-state index is 0. The number of hydrogen-bond donors (Lipinski definition) is 2. The lowest BCUT2D eigenvalue weighted by atomic mass is 9.91. The fourth-order valence-electron chi connectivity index (χ4n) is 3.00. The largest absolute Gasteiger partial charge is 0.465 e. The number of nitrogens with zero attached hydrogens (tertiary/aromatic N) is 3. The Balaban J connectivity index is 0.00000280. The number of hydrogen-bond acceptors (Lipinski definition) is 7. The van der Waals surface area contributed by atoms with E-state index in [2.05, 4.69) is 20.7 Å². The Morgan fingerprint density at radius 2 is 2.14 bits per heavy atom. The SMILES string of the molecule is COC(=O)c1sc(NC(=O)c2ccn(C3CCCNC3)n2)nc1C(C)(C)C.Cl. The highest BCUT2D eigenvalue weighted by Crippen LogP contribution is 2.32. The number of carbonyl (C=O) groups excluding carboxylic acids is 2. The second-order valence-corrected chi connectivity index (χ2v) is 8.57. The van der Waals surface area contributed by atoms with Crippen LogP contribution in [-0.4, -0.2) is 46.8 Å². The fourth-order valence-corrected chi connectivity index (χ4v) is 4.09. The summed E-state index contributed by atoms with van der Waals surface area (Å²) >= 11 is 1.11. The van der Waals surface area contributed by atoms with E-state index in [0.717, 1.165) is 37.3 Å². The molecular formula is C18H26ClN5O3S. The van der Waals surface area contributed by atoms with Crippen LogP contribution in [0.25, 0.3) is 0 Å². The molecular weight excluding hydrogens is 402 g/mol. The molecule has 1 aliphatic heterocycles. The van der Waals surface area contributed by atoms with Crippen molar-refractivity contribution in [2.45, 2.75) is 45.1 Å². The van der Waals surface area contributed by atoms with Crippen LogP contribution in [0.3, 0.4) is 0 Å². The van der Waals surface area contributed by atoms with Crippen molar-refractivity contribution in [3.8, 4) is 0 Å². The van der Waals surface area contributed by atoms with Gasteiger partial charge in [-0.15, -0.1) is 12.4 Å². The summed E-state index contributed by atoms with van der Waals surface area (Å²) in [5.41, 5.74) is 0.583. The Labute approximate surface area is 174 Å². The molecule has 2 aromatic heterocycles. The second-order valence-electron chi connectivity index (χ2n) is 7.57. The molecule has 1 fully saturated rings. The van der Waals surface area contributed by atoms with Gasteiger partial charge in [0.2, 0.25) is 0 Å². The highest BCUT2D eigenvalue weighted by molar-refractivity contribution is 7.17. The minimum Gasteiger partial charge on any atom is -0.465 e. The van der Waals surface area contributed by atoms with Crippen LogP contribution in [0.2, 0.25) is 0 Å². The lowest BCUT2D eigenvalue weighted by molar-refractivity contribution is 0.0603. The molecule has 0 aliphatic carbocycles.